The first-order chi connectivity index (χ1) is 6.97. The lowest BCUT2D eigenvalue weighted by molar-refractivity contribution is 0.311. The number of rotatable bonds is 4. The molecule has 0 bridgehead atoms. The Morgan fingerprint density at radius 1 is 1.33 bits per heavy atom. The molecule has 15 heavy (non-hydrogen) atoms. The molecule has 0 spiro atoms. The highest BCUT2D eigenvalue weighted by Crippen LogP contribution is 2.14. The van der Waals surface area contributed by atoms with Gasteiger partial charge in [0, 0.05) is 18.6 Å². The standard InChI is InChI=1S/C13H28N2/c1-11(15-10-13(2,3)4)9-12-7-5-6-8-14-12/h11-12,14-15H,5-10H2,1-4H3. The minimum absolute atomic E-state index is 0.397. The fourth-order valence-electron chi connectivity index (χ4n) is 2.12. The number of hydrogen-bond acceptors (Lipinski definition) is 2. The van der Waals surface area contributed by atoms with Gasteiger partial charge in [0.2, 0.25) is 0 Å². The van der Waals surface area contributed by atoms with Crippen LogP contribution >= 0.6 is 0 Å². The van der Waals surface area contributed by atoms with E-state index in [9.17, 15) is 0 Å². The van der Waals surface area contributed by atoms with Gasteiger partial charge in [0.25, 0.3) is 0 Å². The van der Waals surface area contributed by atoms with E-state index >= 15 is 0 Å². The van der Waals surface area contributed by atoms with Gasteiger partial charge < -0.3 is 10.6 Å². The average Bonchev–Trinajstić information content (AvgIpc) is 2.15. The zero-order valence-corrected chi connectivity index (χ0v) is 10.9. The SMILES string of the molecule is CC(CC1CCCCN1)NCC(C)(C)C. The lowest BCUT2D eigenvalue weighted by Crippen LogP contribution is -2.41. The van der Waals surface area contributed by atoms with Crippen molar-refractivity contribution in [3.8, 4) is 0 Å². The molecule has 0 saturated carbocycles. The van der Waals surface area contributed by atoms with Crippen LogP contribution in [0.25, 0.3) is 0 Å². The third kappa shape index (κ3) is 6.16. The molecule has 2 atom stereocenters. The molecule has 2 heteroatoms. The third-order valence-electron chi connectivity index (χ3n) is 3.03. The molecule has 1 fully saturated rings. The summed E-state index contributed by atoms with van der Waals surface area (Å²) in [6, 6.07) is 1.39. The highest BCUT2D eigenvalue weighted by molar-refractivity contribution is 4.78. The van der Waals surface area contributed by atoms with Crippen LogP contribution in [0.3, 0.4) is 0 Å². The summed E-state index contributed by atoms with van der Waals surface area (Å²) < 4.78 is 0. The molecule has 0 aromatic heterocycles. The zero-order valence-electron chi connectivity index (χ0n) is 10.9. The quantitative estimate of drug-likeness (QED) is 0.748. The molecule has 0 aromatic rings. The van der Waals surface area contributed by atoms with Crippen molar-refractivity contribution in [2.45, 2.75) is 65.5 Å². The molecule has 2 nitrogen and oxygen atoms in total. The second kappa shape index (κ2) is 5.86. The van der Waals surface area contributed by atoms with Crippen molar-refractivity contribution < 1.29 is 0 Å². The minimum Gasteiger partial charge on any atom is -0.314 e. The van der Waals surface area contributed by atoms with E-state index in [0.29, 0.717) is 11.5 Å². The van der Waals surface area contributed by atoms with Crippen molar-refractivity contribution in [2.75, 3.05) is 13.1 Å². The Kier molecular flexibility index (Phi) is 5.07. The molecule has 1 heterocycles. The Morgan fingerprint density at radius 2 is 2.07 bits per heavy atom. The lowest BCUT2D eigenvalue weighted by atomic mass is 9.95. The van der Waals surface area contributed by atoms with Crippen molar-refractivity contribution in [1.82, 2.24) is 10.6 Å². The zero-order chi connectivity index (χ0) is 11.3. The fourth-order valence-corrected chi connectivity index (χ4v) is 2.12. The molecule has 0 aromatic carbocycles. The molecule has 1 aliphatic rings. The van der Waals surface area contributed by atoms with Crippen LogP contribution in [0.4, 0.5) is 0 Å². The first kappa shape index (κ1) is 13.0. The summed E-state index contributed by atoms with van der Waals surface area (Å²) in [4.78, 5) is 0. The molecule has 1 rings (SSSR count). The van der Waals surface area contributed by atoms with Gasteiger partial charge in [-0.15, -0.1) is 0 Å². The van der Waals surface area contributed by atoms with Crippen molar-refractivity contribution in [2.24, 2.45) is 5.41 Å². The normalized spacial score (nSPS) is 25.2. The molecule has 0 aliphatic carbocycles. The maximum Gasteiger partial charge on any atom is 0.00817 e. The Balaban J connectivity index is 2.14. The van der Waals surface area contributed by atoms with Gasteiger partial charge in [-0.3, -0.25) is 0 Å². The van der Waals surface area contributed by atoms with Gasteiger partial charge in [0.15, 0.2) is 0 Å². The van der Waals surface area contributed by atoms with E-state index in [-0.39, 0.29) is 0 Å². The summed E-state index contributed by atoms with van der Waals surface area (Å²) in [5, 5.41) is 7.24. The predicted molar refractivity (Wildman–Crippen MR) is 67.2 cm³/mol. The molecule has 0 amide bonds. The average molecular weight is 212 g/mol. The van der Waals surface area contributed by atoms with Gasteiger partial charge in [0.05, 0.1) is 0 Å². The number of hydrogen-bond donors (Lipinski definition) is 2. The molecule has 0 radical (unpaired) electrons. The predicted octanol–water partition coefficient (Wildman–Crippen LogP) is 2.54. The molecule has 2 N–H and O–H groups in total. The first-order valence-electron chi connectivity index (χ1n) is 6.44. The Labute approximate surface area is 95.2 Å². The third-order valence-corrected chi connectivity index (χ3v) is 3.03. The van der Waals surface area contributed by atoms with Crippen LogP contribution in [0.2, 0.25) is 0 Å². The summed E-state index contributed by atoms with van der Waals surface area (Å²) in [6.45, 7) is 11.5. The van der Waals surface area contributed by atoms with E-state index in [1.807, 2.05) is 0 Å². The van der Waals surface area contributed by atoms with Crippen LogP contribution in [0.1, 0.15) is 53.4 Å². The van der Waals surface area contributed by atoms with E-state index in [4.69, 9.17) is 0 Å². The van der Waals surface area contributed by atoms with Crippen molar-refractivity contribution >= 4 is 0 Å². The smallest absolute Gasteiger partial charge is 0.00817 e. The number of piperidine rings is 1. The van der Waals surface area contributed by atoms with Crippen molar-refractivity contribution in [3.63, 3.8) is 0 Å². The van der Waals surface area contributed by atoms with Crippen molar-refractivity contribution in [3.05, 3.63) is 0 Å². The fraction of sp³-hybridized carbons (Fsp3) is 1.00. The number of nitrogens with one attached hydrogen (secondary N) is 2. The van der Waals surface area contributed by atoms with E-state index in [1.165, 1.54) is 32.2 Å². The van der Waals surface area contributed by atoms with Crippen LogP contribution in [-0.2, 0) is 0 Å². The Morgan fingerprint density at radius 3 is 2.60 bits per heavy atom. The van der Waals surface area contributed by atoms with Crippen LogP contribution in [0, 0.1) is 5.41 Å². The largest absolute Gasteiger partial charge is 0.314 e. The van der Waals surface area contributed by atoms with E-state index in [2.05, 4.69) is 38.3 Å². The Hall–Kier alpha value is -0.0800. The summed E-state index contributed by atoms with van der Waals surface area (Å²) in [5.74, 6) is 0. The molecular formula is C13H28N2. The minimum atomic E-state index is 0.397. The summed E-state index contributed by atoms with van der Waals surface area (Å²) in [6.07, 6.45) is 5.40. The Bertz CT molecular complexity index is 166. The monoisotopic (exact) mass is 212 g/mol. The van der Waals surface area contributed by atoms with Gasteiger partial charge in [-0.1, -0.05) is 27.2 Å². The van der Waals surface area contributed by atoms with Gasteiger partial charge in [-0.2, -0.15) is 0 Å². The molecule has 1 saturated heterocycles. The highest BCUT2D eigenvalue weighted by Gasteiger charge is 2.17. The summed E-state index contributed by atoms with van der Waals surface area (Å²) in [7, 11) is 0. The van der Waals surface area contributed by atoms with Crippen LogP contribution in [0.5, 0.6) is 0 Å². The van der Waals surface area contributed by atoms with Gasteiger partial charge in [0.1, 0.15) is 0 Å². The van der Waals surface area contributed by atoms with Crippen LogP contribution in [-0.4, -0.2) is 25.2 Å². The first-order valence-corrected chi connectivity index (χ1v) is 6.44. The van der Waals surface area contributed by atoms with Gasteiger partial charge in [-0.05, 0) is 38.1 Å². The maximum absolute atomic E-state index is 3.63. The van der Waals surface area contributed by atoms with E-state index in [1.54, 1.807) is 0 Å². The van der Waals surface area contributed by atoms with Gasteiger partial charge >= 0.3 is 0 Å². The second-order valence-electron chi connectivity index (χ2n) is 6.23. The molecule has 1 aliphatic heterocycles. The topological polar surface area (TPSA) is 24.1 Å². The molecule has 90 valence electrons. The highest BCUT2D eigenvalue weighted by atomic mass is 15.0. The van der Waals surface area contributed by atoms with Crippen molar-refractivity contribution in [1.29, 1.82) is 0 Å². The lowest BCUT2D eigenvalue weighted by Gasteiger charge is -2.28. The molecular weight excluding hydrogens is 184 g/mol. The van der Waals surface area contributed by atoms with Gasteiger partial charge in [-0.25, -0.2) is 0 Å². The summed E-state index contributed by atoms with van der Waals surface area (Å²) >= 11 is 0. The van der Waals surface area contributed by atoms with Crippen LogP contribution < -0.4 is 10.6 Å². The molecule has 2 unspecified atom stereocenters. The van der Waals surface area contributed by atoms with E-state index in [0.717, 1.165) is 12.6 Å². The summed E-state index contributed by atoms with van der Waals surface area (Å²) in [5.41, 5.74) is 0.397. The second-order valence-corrected chi connectivity index (χ2v) is 6.23. The van der Waals surface area contributed by atoms with Crippen LogP contribution in [0.15, 0.2) is 0 Å². The maximum atomic E-state index is 3.63. The van der Waals surface area contributed by atoms with E-state index < -0.39 is 0 Å².